The fraction of sp³-hybridized carbons (Fsp3) is 0.320. The summed E-state index contributed by atoms with van der Waals surface area (Å²) in [7, 11) is 1.49. The van der Waals surface area contributed by atoms with E-state index in [2.05, 4.69) is 26.4 Å². The Morgan fingerprint density at radius 2 is 2.11 bits per heavy atom. The Morgan fingerprint density at radius 3 is 2.97 bits per heavy atom. The molecule has 1 aliphatic rings. The minimum atomic E-state index is -0.963. The number of hydrogen-bond acceptors (Lipinski definition) is 8. The normalized spacial score (nSPS) is 13.6. The summed E-state index contributed by atoms with van der Waals surface area (Å²) >= 11 is 0. The maximum atomic E-state index is 11.6. The highest BCUT2D eigenvalue weighted by molar-refractivity contribution is 5.80. The van der Waals surface area contributed by atoms with Gasteiger partial charge in [-0.05, 0) is 43.2 Å². The molecule has 0 spiro atoms. The lowest BCUT2D eigenvalue weighted by Crippen LogP contribution is -2.18. The molecular weight excluding hydrogens is 448 g/mol. The zero-order valence-electron chi connectivity index (χ0n) is 19.3. The second-order valence-corrected chi connectivity index (χ2v) is 8.34. The van der Waals surface area contributed by atoms with Gasteiger partial charge in [-0.2, -0.15) is 5.10 Å². The van der Waals surface area contributed by atoms with E-state index in [9.17, 15) is 9.90 Å². The molecule has 180 valence electrons. The van der Waals surface area contributed by atoms with E-state index < -0.39 is 12.0 Å². The fourth-order valence-electron chi connectivity index (χ4n) is 4.26. The van der Waals surface area contributed by atoms with Crippen molar-refractivity contribution in [1.82, 2.24) is 24.7 Å². The van der Waals surface area contributed by atoms with Crippen LogP contribution in [0.25, 0.3) is 10.9 Å². The zero-order valence-corrected chi connectivity index (χ0v) is 19.3. The average molecular weight is 475 g/mol. The fourth-order valence-corrected chi connectivity index (χ4v) is 4.26. The highest BCUT2D eigenvalue weighted by Gasteiger charge is 2.23. The van der Waals surface area contributed by atoms with Gasteiger partial charge in [0.1, 0.15) is 11.8 Å². The molecule has 10 nitrogen and oxygen atoms in total. The van der Waals surface area contributed by atoms with Crippen molar-refractivity contribution in [3.8, 4) is 11.6 Å². The number of fused-ring (bicyclic) bond motifs is 2. The SMILES string of the molecule is COc1cncc(C(CC(=O)O)n2ncc3cc(OCCc4ccc5c(n4)CCCN5)ccc32)n1. The Labute approximate surface area is 202 Å². The maximum Gasteiger partial charge on any atom is 0.305 e. The van der Waals surface area contributed by atoms with Crippen molar-refractivity contribution in [3.63, 3.8) is 0 Å². The van der Waals surface area contributed by atoms with Crippen LogP contribution in [-0.4, -0.2) is 56.1 Å². The highest BCUT2D eigenvalue weighted by Crippen LogP contribution is 2.28. The molecule has 0 saturated carbocycles. The second kappa shape index (κ2) is 9.96. The summed E-state index contributed by atoms with van der Waals surface area (Å²) in [6, 6.07) is 9.14. The lowest BCUT2D eigenvalue weighted by Gasteiger charge is -2.17. The van der Waals surface area contributed by atoms with E-state index in [1.165, 1.54) is 19.5 Å². The molecule has 10 heteroatoms. The maximum absolute atomic E-state index is 11.6. The van der Waals surface area contributed by atoms with Crippen LogP contribution in [-0.2, 0) is 17.6 Å². The summed E-state index contributed by atoms with van der Waals surface area (Å²) in [5.41, 5.74) is 4.50. The minimum absolute atomic E-state index is 0.194. The molecule has 1 atom stereocenters. The summed E-state index contributed by atoms with van der Waals surface area (Å²) in [4.78, 5) is 24.8. The van der Waals surface area contributed by atoms with Crippen molar-refractivity contribution >= 4 is 22.6 Å². The number of nitrogens with zero attached hydrogens (tertiary/aromatic N) is 5. The molecule has 3 aromatic heterocycles. The van der Waals surface area contributed by atoms with Gasteiger partial charge < -0.3 is 19.9 Å². The van der Waals surface area contributed by atoms with Crippen molar-refractivity contribution < 1.29 is 19.4 Å². The van der Waals surface area contributed by atoms with Gasteiger partial charge in [0.05, 0.1) is 61.3 Å². The van der Waals surface area contributed by atoms with E-state index in [-0.39, 0.29) is 6.42 Å². The number of anilines is 1. The van der Waals surface area contributed by atoms with Crippen LogP contribution in [0.2, 0.25) is 0 Å². The molecular formula is C25H26N6O4. The van der Waals surface area contributed by atoms with Crippen LogP contribution < -0.4 is 14.8 Å². The summed E-state index contributed by atoms with van der Waals surface area (Å²) in [6.45, 7) is 1.50. The molecule has 0 radical (unpaired) electrons. The largest absolute Gasteiger partial charge is 0.493 e. The van der Waals surface area contributed by atoms with Gasteiger partial charge in [0.15, 0.2) is 0 Å². The summed E-state index contributed by atoms with van der Waals surface area (Å²) in [6.07, 6.45) is 7.32. The van der Waals surface area contributed by atoms with E-state index in [4.69, 9.17) is 14.5 Å². The van der Waals surface area contributed by atoms with Crippen LogP contribution in [0.1, 0.15) is 36.0 Å². The number of hydrogen-bond donors (Lipinski definition) is 2. The van der Waals surface area contributed by atoms with Gasteiger partial charge in [0, 0.05) is 24.0 Å². The van der Waals surface area contributed by atoms with E-state index in [1.54, 1.807) is 10.9 Å². The molecule has 0 amide bonds. The Bertz CT molecular complexity index is 1360. The molecule has 35 heavy (non-hydrogen) atoms. The molecule has 4 heterocycles. The van der Waals surface area contributed by atoms with Crippen LogP contribution >= 0.6 is 0 Å². The number of aryl methyl sites for hydroxylation is 1. The smallest absolute Gasteiger partial charge is 0.305 e. The predicted molar refractivity (Wildman–Crippen MR) is 129 cm³/mol. The number of carbonyl (C=O) groups is 1. The van der Waals surface area contributed by atoms with E-state index in [1.807, 2.05) is 24.3 Å². The topological polar surface area (TPSA) is 124 Å². The van der Waals surface area contributed by atoms with E-state index in [0.717, 1.165) is 47.4 Å². The predicted octanol–water partition coefficient (Wildman–Crippen LogP) is 3.27. The molecule has 1 aliphatic heterocycles. The van der Waals surface area contributed by atoms with Gasteiger partial charge in [0.25, 0.3) is 0 Å². The van der Waals surface area contributed by atoms with Gasteiger partial charge in [0.2, 0.25) is 5.88 Å². The summed E-state index contributed by atoms with van der Waals surface area (Å²) in [5, 5.41) is 18.2. The van der Waals surface area contributed by atoms with Gasteiger partial charge in [-0.25, -0.2) is 4.98 Å². The average Bonchev–Trinajstić information content (AvgIpc) is 3.30. The minimum Gasteiger partial charge on any atom is -0.493 e. The molecule has 0 bridgehead atoms. The third kappa shape index (κ3) is 5.01. The number of methoxy groups -OCH3 is 1. The van der Waals surface area contributed by atoms with Crippen molar-refractivity contribution in [2.75, 3.05) is 25.6 Å². The van der Waals surface area contributed by atoms with Crippen LogP contribution in [0.4, 0.5) is 5.69 Å². The number of pyridine rings is 1. The Morgan fingerprint density at radius 1 is 1.20 bits per heavy atom. The van der Waals surface area contributed by atoms with Gasteiger partial charge in [-0.15, -0.1) is 0 Å². The van der Waals surface area contributed by atoms with Gasteiger partial charge in [-0.3, -0.25) is 19.4 Å². The lowest BCUT2D eigenvalue weighted by atomic mass is 10.1. The first kappa shape index (κ1) is 22.6. The number of rotatable bonds is 9. The van der Waals surface area contributed by atoms with Crippen LogP contribution in [0.5, 0.6) is 11.6 Å². The number of ether oxygens (including phenoxy) is 2. The van der Waals surface area contributed by atoms with Crippen LogP contribution in [0, 0.1) is 0 Å². The molecule has 1 aromatic carbocycles. The van der Waals surface area contributed by atoms with Gasteiger partial charge in [-0.1, -0.05) is 0 Å². The number of aromatic nitrogens is 5. The Kier molecular flexibility index (Phi) is 6.42. The Hall–Kier alpha value is -4.21. The lowest BCUT2D eigenvalue weighted by molar-refractivity contribution is -0.137. The van der Waals surface area contributed by atoms with Crippen molar-refractivity contribution in [1.29, 1.82) is 0 Å². The number of carboxylic acids is 1. The summed E-state index contributed by atoms with van der Waals surface area (Å²) in [5.74, 6) is 0.0668. The highest BCUT2D eigenvalue weighted by atomic mass is 16.5. The summed E-state index contributed by atoms with van der Waals surface area (Å²) < 4.78 is 12.8. The molecule has 0 fully saturated rings. The molecule has 4 aromatic rings. The Balaban J connectivity index is 1.32. The number of nitrogens with one attached hydrogen (secondary N) is 1. The molecule has 0 saturated heterocycles. The third-order valence-electron chi connectivity index (χ3n) is 5.98. The number of aliphatic carboxylic acids is 1. The van der Waals surface area contributed by atoms with Crippen molar-refractivity contribution in [2.24, 2.45) is 0 Å². The van der Waals surface area contributed by atoms with Crippen LogP contribution in [0.3, 0.4) is 0 Å². The molecule has 0 aliphatic carbocycles. The quantitative estimate of drug-likeness (QED) is 0.376. The number of benzene rings is 1. The van der Waals surface area contributed by atoms with Crippen molar-refractivity contribution in [3.05, 3.63) is 66.0 Å². The molecule has 2 N–H and O–H groups in total. The van der Waals surface area contributed by atoms with E-state index in [0.29, 0.717) is 30.4 Å². The first-order valence-corrected chi connectivity index (χ1v) is 11.5. The molecule has 5 rings (SSSR count). The van der Waals surface area contributed by atoms with Crippen LogP contribution in [0.15, 0.2) is 48.9 Å². The zero-order chi connectivity index (χ0) is 24.2. The third-order valence-corrected chi connectivity index (χ3v) is 5.98. The van der Waals surface area contributed by atoms with Gasteiger partial charge >= 0.3 is 5.97 Å². The monoisotopic (exact) mass is 474 g/mol. The van der Waals surface area contributed by atoms with Crippen molar-refractivity contribution in [2.45, 2.75) is 31.7 Å². The number of carboxylic acid groups (broad SMARTS) is 1. The van der Waals surface area contributed by atoms with E-state index >= 15 is 0 Å². The first-order valence-electron chi connectivity index (χ1n) is 11.5. The first-order chi connectivity index (χ1) is 17.1. The molecule has 1 unspecified atom stereocenters. The second-order valence-electron chi connectivity index (χ2n) is 8.34. The standard InChI is InChI=1S/C25H26N6O4/c1-34-24-15-26-14-21(30-24)23(12-25(32)33)31-22-7-5-18(11-16(22)13-28-31)35-10-8-17-4-6-19-20(29-17)3-2-9-27-19/h4-7,11,13-15,23,27H,2-3,8-10,12H2,1H3,(H,32,33).